The van der Waals surface area contributed by atoms with E-state index in [9.17, 15) is 23.1 Å². The number of aryl methyl sites for hydroxylation is 1. The maximum atomic E-state index is 13.0. The second-order valence-corrected chi connectivity index (χ2v) is 10.0. The fourth-order valence-corrected chi connectivity index (χ4v) is 5.34. The van der Waals surface area contributed by atoms with Gasteiger partial charge in [0, 0.05) is 32.2 Å². The number of para-hydroxylation sites is 1. The number of aromatic hydroxyl groups is 1. The van der Waals surface area contributed by atoms with Gasteiger partial charge in [-0.15, -0.1) is 0 Å². The summed E-state index contributed by atoms with van der Waals surface area (Å²) in [4.78, 5) is 26.5. The molecule has 0 spiro atoms. The van der Waals surface area contributed by atoms with Crippen molar-refractivity contribution in [1.29, 1.82) is 0 Å². The second kappa shape index (κ2) is 10.3. The molecule has 0 radical (unpaired) electrons. The molecule has 35 heavy (non-hydrogen) atoms. The first-order chi connectivity index (χ1) is 16.8. The Bertz CT molecular complexity index is 1370. The van der Waals surface area contributed by atoms with Crippen molar-refractivity contribution in [2.45, 2.75) is 18.4 Å². The monoisotopic (exact) mass is 498 g/mol. The fraction of sp³-hybridized carbons (Fsp3) is 0.292. The van der Waals surface area contributed by atoms with Crippen molar-refractivity contribution < 1.29 is 23.1 Å². The van der Waals surface area contributed by atoms with Gasteiger partial charge < -0.3 is 14.7 Å². The average molecular weight is 499 g/mol. The smallest absolute Gasteiger partial charge is 0.274 e. The van der Waals surface area contributed by atoms with Gasteiger partial charge in [-0.25, -0.2) is 13.1 Å². The van der Waals surface area contributed by atoms with Crippen LogP contribution in [0.3, 0.4) is 0 Å². The standard InChI is InChI=1S/C24H26N4O6S/c1-18-7-9-21(29)22(17-18)35(32,33)27-13-11-26(12-14-27)24(31)20-8-10-23(30)28(25-20)15-16-34-19-5-3-2-4-6-19/h2-10,17,29H,11-16H2,1H3. The lowest BCUT2D eigenvalue weighted by Gasteiger charge is -2.34. The van der Waals surface area contributed by atoms with Crippen molar-refractivity contribution in [2.24, 2.45) is 0 Å². The quantitative estimate of drug-likeness (QED) is 0.524. The molecule has 1 fully saturated rings. The molecule has 4 rings (SSSR count). The van der Waals surface area contributed by atoms with E-state index in [0.29, 0.717) is 11.3 Å². The third-order valence-electron chi connectivity index (χ3n) is 5.66. The average Bonchev–Trinajstić information content (AvgIpc) is 2.87. The molecule has 0 bridgehead atoms. The molecule has 1 amide bonds. The molecule has 184 valence electrons. The molecule has 1 aromatic heterocycles. The third-order valence-corrected chi connectivity index (χ3v) is 7.59. The number of nitrogens with zero attached hydrogens (tertiary/aromatic N) is 4. The maximum Gasteiger partial charge on any atom is 0.274 e. The number of carbonyl (C=O) groups is 1. The van der Waals surface area contributed by atoms with Crippen molar-refractivity contribution in [1.82, 2.24) is 19.0 Å². The summed E-state index contributed by atoms with van der Waals surface area (Å²) in [6.07, 6.45) is 0. The van der Waals surface area contributed by atoms with Crippen LogP contribution in [0.15, 0.2) is 70.4 Å². The molecule has 0 saturated carbocycles. The van der Waals surface area contributed by atoms with Crippen molar-refractivity contribution in [3.05, 3.63) is 82.3 Å². The van der Waals surface area contributed by atoms with E-state index >= 15 is 0 Å². The van der Waals surface area contributed by atoms with Gasteiger partial charge in [-0.2, -0.15) is 9.40 Å². The molecule has 0 aliphatic carbocycles. The number of carbonyl (C=O) groups excluding carboxylic acids is 1. The normalized spacial score (nSPS) is 14.6. The minimum Gasteiger partial charge on any atom is -0.507 e. The van der Waals surface area contributed by atoms with Crippen molar-refractivity contribution in [3.8, 4) is 11.5 Å². The summed E-state index contributed by atoms with van der Waals surface area (Å²) in [6, 6.07) is 16.2. The first-order valence-corrected chi connectivity index (χ1v) is 12.5. The minimum atomic E-state index is -3.90. The first-order valence-electron chi connectivity index (χ1n) is 11.1. The number of aromatic nitrogens is 2. The lowest BCUT2D eigenvalue weighted by atomic mass is 10.2. The Hall–Kier alpha value is -3.70. The van der Waals surface area contributed by atoms with Crippen LogP contribution in [-0.2, 0) is 16.6 Å². The zero-order valence-corrected chi connectivity index (χ0v) is 20.0. The molecular formula is C24H26N4O6S. The number of sulfonamides is 1. The van der Waals surface area contributed by atoms with Crippen LogP contribution in [0.25, 0.3) is 0 Å². The molecule has 3 aromatic rings. The van der Waals surface area contributed by atoms with Crippen LogP contribution in [0, 0.1) is 6.92 Å². The molecule has 0 unspecified atom stereocenters. The lowest BCUT2D eigenvalue weighted by Crippen LogP contribution is -2.50. The highest BCUT2D eigenvalue weighted by molar-refractivity contribution is 7.89. The van der Waals surface area contributed by atoms with Crippen LogP contribution in [0.4, 0.5) is 0 Å². The number of benzene rings is 2. The predicted molar refractivity (Wildman–Crippen MR) is 128 cm³/mol. The van der Waals surface area contributed by atoms with E-state index in [1.165, 1.54) is 38.2 Å². The van der Waals surface area contributed by atoms with Crippen LogP contribution in [-0.4, -0.2) is 71.2 Å². The maximum absolute atomic E-state index is 13.0. The Labute approximate surface area is 203 Å². The van der Waals surface area contributed by atoms with E-state index in [4.69, 9.17) is 4.74 Å². The highest BCUT2D eigenvalue weighted by Gasteiger charge is 2.32. The molecular weight excluding hydrogens is 472 g/mol. The van der Waals surface area contributed by atoms with E-state index in [2.05, 4.69) is 5.10 Å². The summed E-state index contributed by atoms with van der Waals surface area (Å²) in [5.74, 6) is -0.0328. The van der Waals surface area contributed by atoms with Gasteiger partial charge in [-0.05, 0) is 42.8 Å². The van der Waals surface area contributed by atoms with Crippen molar-refractivity contribution in [2.75, 3.05) is 32.8 Å². The van der Waals surface area contributed by atoms with Crippen LogP contribution in [0.1, 0.15) is 16.1 Å². The van der Waals surface area contributed by atoms with Crippen molar-refractivity contribution >= 4 is 15.9 Å². The largest absolute Gasteiger partial charge is 0.507 e. The number of phenols is 1. The molecule has 1 saturated heterocycles. The summed E-state index contributed by atoms with van der Waals surface area (Å²) >= 11 is 0. The van der Waals surface area contributed by atoms with Gasteiger partial charge in [-0.3, -0.25) is 9.59 Å². The Balaban J connectivity index is 1.39. The fourth-order valence-electron chi connectivity index (χ4n) is 3.75. The van der Waals surface area contributed by atoms with Crippen molar-refractivity contribution in [3.63, 3.8) is 0 Å². The van der Waals surface area contributed by atoms with Crippen LogP contribution in [0.5, 0.6) is 11.5 Å². The molecule has 11 heteroatoms. The van der Waals surface area contributed by atoms with E-state index < -0.39 is 15.9 Å². The van der Waals surface area contributed by atoms with Gasteiger partial charge in [-0.1, -0.05) is 24.3 Å². The number of rotatable bonds is 7. The molecule has 0 atom stereocenters. The highest BCUT2D eigenvalue weighted by atomic mass is 32.2. The number of piperazine rings is 1. The molecule has 1 aliphatic heterocycles. The number of hydrogen-bond acceptors (Lipinski definition) is 7. The van der Waals surface area contributed by atoms with Gasteiger partial charge in [0.2, 0.25) is 10.0 Å². The van der Waals surface area contributed by atoms with E-state index in [0.717, 1.165) is 0 Å². The Morgan fingerprint density at radius 1 is 1.03 bits per heavy atom. The molecule has 2 aromatic carbocycles. The second-order valence-electron chi connectivity index (χ2n) is 8.11. The third kappa shape index (κ3) is 5.52. The predicted octanol–water partition coefficient (Wildman–Crippen LogP) is 1.48. The summed E-state index contributed by atoms with van der Waals surface area (Å²) in [5.41, 5.74) is 0.453. The summed E-state index contributed by atoms with van der Waals surface area (Å²) in [6.45, 7) is 2.58. The van der Waals surface area contributed by atoms with Crippen LogP contribution < -0.4 is 10.3 Å². The zero-order valence-electron chi connectivity index (χ0n) is 19.2. The lowest BCUT2D eigenvalue weighted by molar-refractivity contribution is 0.0688. The highest BCUT2D eigenvalue weighted by Crippen LogP contribution is 2.27. The molecule has 1 N–H and O–H groups in total. The summed E-state index contributed by atoms with van der Waals surface area (Å²) in [7, 11) is -3.90. The molecule has 2 heterocycles. The number of amides is 1. The van der Waals surface area contributed by atoms with E-state index in [-0.39, 0.29) is 61.2 Å². The van der Waals surface area contributed by atoms with E-state index in [1.54, 1.807) is 25.1 Å². The zero-order chi connectivity index (χ0) is 25.0. The summed E-state index contributed by atoms with van der Waals surface area (Å²) < 4.78 is 34.0. The Morgan fingerprint density at radius 2 is 1.74 bits per heavy atom. The number of ether oxygens (including phenoxy) is 1. The first kappa shape index (κ1) is 24.4. The minimum absolute atomic E-state index is 0.0754. The van der Waals surface area contributed by atoms with E-state index in [1.807, 2.05) is 18.2 Å². The van der Waals surface area contributed by atoms with Gasteiger partial charge in [0.1, 0.15) is 28.7 Å². The SMILES string of the molecule is Cc1ccc(O)c(S(=O)(=O)N2CCN(C(=O)c3ccc(=O)n(CCOc4ccccc4)n3)CC2)c1. The number of hydrogen-bond donors (Lipinski definition) is 1. The Kier molecular flexibility index (Phi) is 7.17. The van der Waals surface area contributed by atoms with Crippen LogP contribution in [0.2, 0.25) is 0 Å². The van der Waals surface area contributed by atoms with Gasteiger partial charge in [0.05, 0.1) is 6.54 Å². The molecule has 10 nitrogen and oxygen atoms in total. The Morgan fingerprint density at radius 3 is 2.46 bits per heavy atom. The summed E-state index contributed by atoms with van der Waals surface area (Å²) in [5, 5.41) is 14.2. The van der Waals surface area contributed by atoms with Gasteiger partial charge in [0.25, 0.3) is 11.5 Å². The number of phenolic OH excluding ortho intramolecular Hbond substituents is 1. The van der Waals surface area contributed by atoms with Gasteiger partial charge in [0.15, 0.2) is 0 Å². The van der Waals surface area contributed by atoms with Crippen LogP contribution >= 0.6 is 0 Å². The van der Waals surface area contributed by atoms with Gasteiger partial charge >= 0.3 is 0 Å². The topological polar surface area (TPSA) is 122 Å². The molecule has 1 aliphatic rings.